The second kappa shape index (κ2) is 10.7. The van der Waals surface area contributed by atoms with Gasteiger partial charge in [-0.2, -0.15) is 10.5 Å². The highest BCUT2D eigenvalue weighted by molar-refractivity contribution is 5.89. The number of nitrogens with zero attached hydrogens (tertiary/aromatic N) is 6. The van der Waals surface area contributed by atoms with Crippen LogP contribution in [0.3, 0.4) is 0 Å². The van der Waals surface area contributed by atoms with Gasteiger partial charge in [0.05, 0.1) is 23.5 Å². The van der Waals surface area contributed by atoms with Gasteiger partial charge in [0, 0.05) is 39.3 Å². The van der Waals surface area contributed by atoms with Crippen molar-refractivity contribution in [3.8, 4) is 12.3 Å². The number of hydrogen-bond donors (Lipinski definition) is 2. The first-order valence-corrected chi connectivity index (χ1v) is 12.2. The maximum atomic E-state index is 13.5. The van der Waals surface area contributed by atoms with Gasteiger partial charge in [-0.3, -0.25) is 14.8 Å². The number of aliphatic imine (C=N–C) groups is 1. The van der Waals surface area contributed by atoms with Gasteiger partial charge in [0.15, 0.2) is 0 Å². The summed E-state index contributed by atoms with van der Waals surface area (Å²) in [6.45, 7) is 5.58. The van der Waals surface area contributed by atoms with E-state index in [-0.39, 0.29) is 12.5 Å². The number of rotatable bonds is 3. The van der Waals surface area contributed by atoms with Gasteiger partial charge in [0.2, 0.25) is 24.0 Å². The maximum Gasteiger partial charge on any atom is 0.249 e. The number of carbonyl (C=O) groups excluding carboxylic acids is 2. The Morgan fingerprint density at radius 1 is 1.03 bits per heavy atom. The molecule has 1 aromatic rings. The topological polar surface area (TPSA) is 136 Å². The van der Waals surface area contributed by atoms with Crippen LogP contribution in [0, 0.1) is 41.5 Å². The lowest BCUT2D eigenvalue weighted by Crippen LogP contribution is -2.58. The number of likely N-dealkylation sites (tertiary alicyclic amines) is 3. The van der Waals surface area contributed by atoms with Gasteiger partial charge in [0.1, 0.15) is 0 Å². The minimum absolute atomic E-state index is 0.0593. The molecule has 10 nitrogen and oxygen atoms in total. The standard InChI is InChI=1S/C25H31N7O3/c1-17-13-18(14-26)3-4-20(17)19-5-10-30(11-6-19)24(34)21-7-12-32(15-22(21)23(33)29-35)25(28-16-27)31-8-2-9-31/h3-4,13,19,21-22,35H,2,5-12,15H2,1H3,(H,29,33)/t21-,22-/m0/s1. The molecule has 0 unspecified atom stereocenters. The van der Waals surface area contributed by atoms with E-state index >= 15 is 0 Å². The summed E-state index contributed by atoms with van der Waals surface area (Å²) in [5.41, 5.74) is 4.70. The van der Waals surface area contributed by atoms with Crippen LogP contribution in [0.15, 0.2) is 23.2 Å². The van der Waals surface area contributed by atoms with Gasteiger partial charge in [0.25, 0.3) is 0 Å². The molecule has 0 saturated carbocycles. The number of hydroxylamine groups is 1. The zero-order chi connectivity index (χ0) is 24.9. The maximum absolute atomic E-state index is 13.5. The van der Waals surface area contributed by atoms with E-state index in [1.54, 1.807) is 5.48 Å². The summed E-state index contributed by atoms with van der Waals surface area (Å²) in [6.07, 6.45) is 4.97. The molecule has 3 aliphatic heterocycles. The number of guanidine groups is 1. The third kappa shape index (κ3) is 5.08. The molecule has 2 N–H and O–H groups in total. The lowest BCUT2D eigenvalue weighted by molar-refractivity contribution is -0.148. The van der Waals surface area contributed by atoms with Crippen LogP contribution in [0.4, 0.5) is 0 Å². The van der Waals surface area contributed by atoms with Crippen molar-refractivity contribution in [1.29, 1.82) is 10.5 Å². The molecule has 4 rings (SSSR count). The minimum Gasteiger partial charge on any atom is -0.342 e. The molecule has 3 saturated heterocycles. The van der Waals surface area contributed by atoms with Crippen LogP contribution in [0.1, 0.15) is 48.3 Å². The predicted molar refractivity (Wildman–Crippen MR) is 127 cm³/mol. The van der Waals surface area contributed by atoms with Crippen molar-refractivity contribution in [1.82, 2.24) is 20.2 Å². The first-order chi connectivity index (χ1) is 17.0. The van der Waals surface area contributed by atoms with Crippen molar-refractivity contribution in [3.63, 3.8) is 0 Å². The summed E-state index contributed by atoms with van der Waals surface area (Å²) in [5.74, 6) is -1.05. The average Bonchev–Trinajstić information content (AvgIpc) is 2.86. The number of benzene rings is 1. The zero-order valence-electron chi connectivity index (χ0n) is 20.0. The third-order valence-corrected chi connectivity index (χ3v) is 7.59. The molecule has 10 heteroatoms. The minimum atomic E-state index is -0.732. The fraction of sp³-hybridized carbons (Fsp3) is 0.560. The molecule has 2 atom stereocenters. The molecule has 184 valence electrons. The van der Waals surface area contributed by atoms with Crippen molar-refractivity contribution in [2.75, 3.05) is 39.3 Å². The van der Waals surface area contributed by atoms with E-state index in [0.717, 1.165) is 37.9 Å². The number of nitrogens with one attached hydrogen (secondary N) is 1. The Labute approximate surface area is 205 Å². The average molecular weight is 478 g/mol. The van der Waals surface area contributed by atoms with Crippen LogP contribution in [0.2, 0.25) is 0 Å². The summed E-state index contributed by atoms with van der Waals surface area (Å²) in [5, 5.41) is 27.6. The Hall–Kier alpha value is -3.63. The Morgan fingerprint density at radius 2 is 1.74 bits per heavy atom. The molecule has 0 radical (unpaired) electrons. The first-order valence-electron chi connectivity index (χ1n) is 12.2. The summed E-state index contributed by atoms with van der Waals surface area (Å²) < 4.78 is 0. The van der Waals surface area contributed by atoms with Gasteiger partial charge in [-0.15, -0.1) is 4.99 Å². The lowest BCUT2D eigenvalue weighted by atomic mass is 9.82. The molecule has 1 aromatic carbocycles. The third-order valence-electron chi connectivity index (χ3n) is 7.59. The monoisotopic (exact) mass is 477 g/mol. The Bertz CT molecular complexity index is 1080. The summed E-state index contributed by atoms with van der Waals surface area (Å²) in [4.78, 5) is 35.8. The van der Waals surface area contributed by atoms with Crippen LogP contribution in [0.5, 0.6) is 0 Å². The molecule has 3 fully saturated rings. The van der Waals surface area contributed by atoms with E-state index in [2.05, 4.69) is 11.1 Å². The highest BCUT2D eigenvalue weighted by Gasteiger charge is 2.42. The van der Waals surface area contributed by atoms with E-state index in [0.29, 0.717) is 43.5 Å². The van der Waals surface area contributed by atoms with Crippen LogP contribution in [0.25, 0.3) is 0 Å². The number of nitriles is 2. The second-order valence-electron chi connectivity index (χ2n) is 9.56. The molecule has 35 heavy (non-hydrogen) atoms. The molecule has 3 aliphatic rings. The Morgan fingerprint density at radius 3 is 2.31 bits per heavy atom. The fourth-order valence-electron chi connectivity index (χ4n) is 5.53. The number of amides is 2. The molecule has 0 bridgehead atoms. The number of carbonyl (C=O) groups is 2. The highest BCUT2D eigenvalue weighted by atomic mass is 16.5. The van der Waals surface area contributed by atoms with E-state index in [1.165, 1.54) is 5.56 Å². The van der Waals surface area contributed by atoms with Gasteiger partial charge in [-0.1, -0.05) is 6.07 Å². The van der Waals surface area contributed by atoms with Crippen LogP contribution < -0.4 is 5.48 Å². The van der Waals surface area contributed by atoms with Crippen molar-refractivity contribution in [2.45, 2.75) is 38.5 Å². The van der Waals surface area contributed by atoms with E-state index in [9.17, 15) is 14.8 Å². The zero-order valence-corrected chi connectivity index (χ0v) is 20.0. The molecule has 0 aromatic heterocycles. The smallest absolute Gasteiger partial charge is 0.249 e. The molecule has 0 aliphatic carbocycles. The number of aryl methyl sites for hydroxylation is 1. The predicted octanol–water partition coefficient (Wildman–Crippen LogP) is 1.56. The molecule has 3 heterocycles. The van der Waals surface area contributed by atoms with Crippen molar-refractivity contribution < 1.29 is 14.8 Å². The summed E-state index contributed by atoms with van der Waals surface area (Å²) in [6, 6.07) is 7.94. The molecule has 0 spiro atoms. The largest absolute Gasteiger partial charge is 0.342 e. The van der Waals surface area contributed by atoms with Crippen LogP contribution in [-0.4, -0.2) is 76.9 Å². The Kier molecular flexibility index (Phi) is 7.52. The summed E-state index contributed by atoms with van der Waals surface area (Å²) in [7, 11) is 0. The van der Waals surface area contributed by atoms with Gasteiger partial charge >= 0.3 is 0 Å². The van der Waals surface area contributed by atoms with Crippen LogP contribution >= 0.6 is 0 Å². The fourth-order valence-corrected chi connectivity index (χ4v) is 5.53. The second-order valence-corrected chi connectivity index (χ2v) is 9.56. The van der Waals surface area contributed by atoms with Crippen molar-refractivity contribution in [2.24, 2.45) is 16.8 Å². The molecular formula is C25H31N7O3. The normalized spacial score (nSPS) is 23.2. The van der Waals surface area contributed by atoms with Gasteiger partial charge < -0.3 is 14.7 Å². The Balaban J connectivity index is 1.42. The SMILES string of the molecule is Cc1cc(C#N)ccc1C1CCN(C(=O)[C@H]2CCN(C(=NC#N)N3CCC3)C[C@@H]2C(=O)NO)CC1. The van der Waals surface area contributed by atoms with Gasteiger partial charge in [-0.05, 0) is 61.8 Å². The van der Waals surface area contributed by atoms with Crippen LogP contribution in [-0.2, 0) is 9.59 Å². The van der Waals surface area contributed by atoms with Crippen molar-refractivity contribution in [3.05, 3.63) is 34.9 Å². The van der Waals surface area contributed by atoms with Gasteiger partial charge in [-0.25, -0.2) is 5.48 Å². The quantitative estimate of drug-likeness (QED) is 0.222. The van der Waals surface area contributed by atoms with E-state index in [4.69, 9.17) is 10.5 Å². The number of piperidine rings is 2. The summed E-state index contributed by atoms with van der Waals surface area (Å²) >= 11 is 0. The van der Waals surface area contributed by atoms with Crippen molar-refractivity contribution >= 4 is 17.8 Å². The molecule has 2 amide bonds. The van der Waals surface area contributed by atoms with E-state index < -0.39 is 17.7 Å². The highest BCUT2D eigenvalue weighted by Crippen LogP contribution is 2.33. The first kappa shape index (κ1) is 24.5. The number of hydrogen-bond acceptors (Lipinski definition) is 6. The molecular weight excluding hydrogens is 446 g/mol. The van der Waals surface area contributed by atoms with E-state index in [1.807, 2.05) is 46.0 Å². The lowest BCUT2D eigenvalue weighted by Gasteiger charge is -2.44.